The smallest absolute Gasteiger partial charge is 0.0353 e. The number of aryl methyl sites for hydroxylation is 3. The van der Waals surface area contributed by atoms with Crippen LogP contribution in [0.2, 0.25) is 0 Å². The first-order chi connectivity index (χ1) is 10.5. The predicted octanol–water partition coefficient (Wildman–Crippen LogP) is 4.45. The summed E-state index contributed by atoms with van der Waals surface area (Å²) < 4.78 is 0. The summed E-state index contributed by atoms with van der Waals surface area (Å²) in [5.74, 6) is 0. The largest absolute Gasteiger partial charge is 0.398 e. The number of benzene rings is 2. The summed E-state index contributed by atoms with van der Waals surface area (Å²) in [4.78, 5) is 0. The fourth-order valence-corrected chi connectivity index (χ4v) is 2.72. The van der Waals surface area contributed by atoms with Crippen LogP contribution in [0.5, 0.6) is 0 Å². The van der Waals surface area contributed by atoms with Crippen molar-refractivity contribution in [2.75, 3.05) is 5.73 Å². The van der Waals surface area contributed by atoms with Crippen LogP contribution in [0.1, 0.15) is 29.2 Å². The van der Waals surface area contributed by atoms with Crippen molar-refractivity contribution in [3.63, 3.8) is 0 Å². The molecule has 0 bridgehead atoms. The van der Waals surface area contributed by atoms with E-state index in [0.29, 0.717) is 0 Å². The molecule has 0 saturated carbocycles. The number of nitrogen functional groups attached to an aromatic ring is 1. The van der Waals surface area contributed by atoms with Crippen LogP contribution in [0.15, 0.2) is 54.6 Å². The number of allylic oxidation sites excluding steroid dienone is 2. The summed E-state index contributed by atoms with van der Waals surface area (Å²) in [6, 6.07) is 12.9. The number of anilines is 1. The van der Waals surface area contributed by atoms with Gasteiger partial charge >= 0.3 is 0 Å². The average Bonchev–Trinajstić information content (AvgIpc) is 2.50. The molecule has 0 saturated heterocycles. The Balaban J connectivity index is 2.21. The molecule has 0 heterocycles. The maximum atomic E-state index is 6.19. The summed E-state index contributed by atoms with van der Waals surface area (Å²) in [5.41, 5.74) is 13.2. The van der Waals surface area contributed by atoms with Crippen LogP contribution in [-0.4, -0.2) is 0 Å². The summed E-state index contributed by atoms with van der Waals surface area (Å²) in [7, 11) is 2.76. The van der Waals surface area contributed by atoms with E-state index in [-0.39, 0.29) is 0 Å². The van der Waals surface area contributed by atoms with Crippen molar-refractivity contribution in [3.8, 4) is 0 Å². The summed E-state index contributed by atoms with van der Waals surface area (Å²) in [6.07, 6.45) is 5.97. The molecule has 0 aliphatic carbocycles. The van der Waals surface area contributed by atoms with Gasteiger partial charge in [0.25, 0.3) is 0 Å². The zero-order valence-electron chi connectivity index (χ0n) is 13.4. The Bertz CT molecular complexity index is 696. The molecule has 2 heteroatoms. The molecule has 0 aliphatic rings. The molecule has 2 N–H and O–H groups in total. The minimum Gasteiger partial charge on any atom is -0.398 e. The topological polar surface area (TPSA) is 26.0 Å². The maximum Gasteiger partial charge on any atom is 0.0353 e. The fraction of sp³-hybridized carbons (Fsp3) is 0.200. The quantitative estimate of drug-likeness (QED) is 0.493. The lowest BCUT2D eigenvalue weighted by atomic mass is 9.99. The van der Waals surface area contributed by atoms with Gasteiger partial charge in [-0.1, -0.05) is 54.1 Å². The highest BCUT2D eigenvalue weighted by atomic mass is 31.0. The first-order valence-electron chi connectivity index (χ1n) is 7.53. The lowest BCUT2D eigenvalue weighted by molar-refractivity contribution is 0.962. The van der Waals surface area contributed by atoms with Crippen molar-refractivity contribution in [1.82, 2.24) is 0 Å². The van der Waals surface area contributed by atoms with Gasteiger partial charge in [0, 0.05) is 5.69 Å². The first-order valence-corrected chi connectivity index (χ1v) is 8.11. The highest BCUT2D eigenvalue weighted by Gasteiger charge is 2.05. The Kier molecular flexibility index (Phi) is 5.57. The number of hydrogen-bond acceptors (Lipinski definition) is 1. The molecule has 22 heavy (non-hydrogen) atoms. The Hall–Kier alpha value is -1.85. The van der Waals surface area contributed by atoms with Crippen LogP contribution in [-0.2, 0) is 12.8 Å². The van der Waals surface area contributed by atoms with Crippen LogP contribution in [0, 0.1) is 6.92 Å². The Morgan fingerprint density at radius 1 is 1.18 bits per heavy atom. The molecule has 1 atom stereocenters. The van der Waals surface area contributed by atoms with Gasteiger partial charge in [0.2, 0.25) is 0 Å². The molecule has 1 unspecified atom stereocenters. The molecule has 0 aliphatic heterocycles. The highest BCUT2D eigenvalue weighted by Crippen LogP contribution is 2.19. The highest BCUT2D eigenvalue weighted by molar-refractivity contribution is 7.27. The van der Waals surface area contributed by atoms with Crippen molar-refractivity contribution < 1.29 is 0 Å². The Labute approximate surface area is 136 Å². The average molecular weight is 309 g/mol. The molecule has 2 aromatic carbocycles. The van der Waals surface area contributed by atoms with Gasteiger partial charge in [-0.25, -0.2) is 0 Å². The zero-order valence-corrected chi connectivity index (χ0v) is 14.5. The molecule has 114 valence electrons. The van der Waals surface area contributed by atoms with E-state index in [9.17, 15) is 0 Å². The molecular formula is C20H24NP. The van der Waals surface area contributed by atoms with Crippen molar-refractivity contribution in [3.05, 3.63) is 76.9 Å². The molecule has 0 fully saturated rings. The van der Waals surface area contributed by atoms with Gasteiger partial charge in [0.1, 0.15) is 0 Å². The van der Waals surface area contributed by atoms with E-state index in [2.05, 4.69) is 66.1 Å². The monoisotopic (exact) mass is 309 g/mol. The third-order valence-corrected chi connectivity index (χ3v) is 4.35. The second-order valence-corrected chi connectivity index (χ2v) is 6.38. The maximum absolute atomic E-state index is 6.19. The van der Waals surface area contributed by atoms with Gasteiger partial charge in [0.15, 0.2) is 0 Å². The first kappa shape index (κ1) is 16.5. The molecule has 0 radical (unpaired) electrons. The number of rotatable bonds is 5. The van der Waals surface area contributed by atoms with Gasteiger partial charge in [0.05, 0.1) is 0 Å². The number of nitrogens with two attached hydrogens (primary N) is 1. The van der Waals surface area contributed by atoms with Crippen molar-refractivity contribution in [1.29, 1.82) is 0 Å². The molecule has 0 spiro atoms. The normalized spacial score (nSPS) is 11.5. The van der Waals surface area contributed by atoms with Crippen LogP contribution in [0.25, 0.3) is 6.08 Å². The standard InChI is InChI=1S/C20H24NP/c1-4-14(2)11-18-12-17(19(21)13-20(18)22)10-9-16-7-5-15(3)6-8-16/h4-8,11-13H,1,9-10,21-22H2,2-3H3/b14-11+. The van der Waals surface area contributed by atoms with E-state index in [0.717, 1.165) is 29.4 Å². The molecule has 0 amide bonds. The van der Waals surface area contributed by atoms with Crippen molar-refractivity contribution >= 4 is 26.3 Å². The van der Waals surface area contributed by atoms with E-state index in [1.807, 2.05) is 12.1 Å². The molecular weight excluding hydrogens is 285 g/mol. The van der Waals surface area contributed by atoms with Crippen LogP contribution >= 0.6 is 9.24 Å². The zero-order chi connectivity index (χ0) is 16.1. The van der Waals surface area contributed by atoms with Gasteiger partial charge in [-0.2, -0.15) is 0 Å². The van der Waals surface area contributed by atoms with Gasteiger partial charge < -0.3 is 5.73 Å². The van der Waals surface area contributed by atoms with E-state index in [4.69, 9.17) is 5.73 Å². The van der Waals surface area contributed by atoms with E-state index < -0.39 is 0 Å². The minimum atomic E-state index is 0.866. The van der Waals surface area contributed by atoms with Crippen LogP contribution < -0.4 is 11.0 Å². The molecule has 0 aromatic heterocycles. The van der Waals surface area contributed by atoms with Crippen LogP contribution in [0.3, 0.4) is 0 Å². The third kappa shape index (κ3) is 4.32. The third-order valence-electron chi connectivity index (χ3n) is 3.85. The van der Waals surface area contributed by atoms with Crippen molar-refractivity contribution in [2.45, 2.75) is 26.7 Å². The van der Waals surface area contributed by atoms with Gasteiger partial charge in [-0.05, 0) is 60.8 Å². The van der Waals surface area contributed by atoms with Gasteiger partial charge in [-0.3, -0.25) is 0 Å². The SMILES string of the molecule is C=C/C(C)=C/c1cc(CCc2ccc(C)cc2)c(N)cc1P. The minimum absolute atomic E-state index is 0.866. The predicted molar refractivity (Wildman–Crippen MR) is 103 cm³/mol. The molecule has 2 aromatic rings. The van der Waals surface area contributed by atoms with E-state index in [1.165, 1.54) is 22.3 Å². The fourth-order valence-electron chi connectivity index (χ4n) is 2.38. The Morgan fingerprint density at radius 2 is 1.86 bits per heavy atom. The van der Waals surface area contributed by atoms with E-state index in [1.54, 1.807) is 0 Å². The summed E-state index contributed by atoms with van der Waals surface area (Å²) >= 11 is 0. The summed E-state index contributed by atoms with van der Waals surface area (Å²) in [5, 5.41) is 1.12. The van der Waals surface area contributed by atoms with E-state index >= 15 is 0 Å². The lowest BCUT2D eigenvalue weighted by Crippen LogP contribution is -2.05. The molecule has 2 rings (SSSR count). The Morgan fingerprint density at radius 3 is 2.50 bits per heavy atom. The number of hydrogen-bond donors (Lipinski definition) is 1. The molecule has 1 nitrogen and oxygen atoms in total. The lowest BCUT2D eigenvalue weighted by Gasteiger charge is -2.11. The van der Waals surface area contributed by atoms with Crippen LogP contribution in [0.4, 0.5) is 5.69 Å². The second-order valence-electron chi connectivity index (χ2n) is 5.76. The second kappa shape index (κ2) is 7.42. The van der Waals surface area contributed by atoms with Crippen molar-refractivity contribution in [2.24, 2.45) is 0 Å². The summed E-state index contributed by atoms with van der Waals surface area (Å²) in [6.45, 7) is 7.98. The van der Waals surface area contributed by atoms with Gasteiger partial charge in [-0.15, -0.1) is 9.24 Å².